The van der Waals surface area contributed by atoms with Crippen LogP contribution in [0, 0.1) is 6.92 Å². The van der Waals surface area contributed by atoms with Gasteiger partial charge in [-0.2, -0.15) is 0 Å². The molecular formula is C24H33NO2. The topological polar surface area (TPSA) is 21.7 Å². The molecule has 1 unspecified atom stereocenters. The Kier molecular flexibility index (Phi) is 7.49. The minimum absolute atomic E-state index is 0.0375. The molecule has 2 aromatic rings. The highest BCUT2D eigenvalue weighted by Gasteiger charge is 2.21. The van der Waals surface area contributed by atoms with E-state index >= 15 is 0 Å². The number of aryl methyl sites for hydroxylation is 1. The number of hydrogen-bond acceptors (Lipinski definition) is 3. The zero-order chi connectivity index (χ0) is 19.9. The minimum Gasteiger partial charge on any atom is -0.474 e. The summed E-state index contributed by atoms with van der Waals surface area (Å²) in [6, 6.07) is 19.0. The first-order chi connectivity index (χ1) is 12.8. The third-order valence-electron chi connectivity index (χ3n) is 4.41. The Morgan fingerprint density at radius 3 is 2.22 bits per heavy atom. The second kappa shape index (κ2) is 9.61. The SMILES string of the molecule is C=C(OC(C)(C)C)N(CCc1ccc(C)cc1)CC(OC)c1ccccc1. The standard InChI is InChI=1S/C24H33NO2/c1-19-12-14-21(15-13-19)16-17-25(20(2)27-24(3,4)5)18-23(26-6)22-10-8-7-9-11-22/h7-15,23H,2,16-18H2,1,3-6H3. The lowest BCUT2D eigenvalue weighted by molar-refractivity contribution is -0.0148. The second-order valence-electron chi connectivity index (χ2n) is 7.92. The van der Waals surface area contributed by atoms with Gasteiger partial charge in [-0.05, 0) is 51.8 Å². The van der Waals surface area contributed by atoms with Gasteiger partial charge in [-0.3, -0.25) is 0 Å². The number of ether oxygens (including phenoxy) is 2. The number of benzene rings is 2. The summed E-state index contributed by atoms with van der Waals surface area (Å²) in [7, 11) is 1.75. The van der Waals surface area contributed by atoms with Crippen LogP contribution in [0.2, 0.25) is 0 Å². The highest BCUT2D eigenvalue weighted by Crippen LogP contribution is 2.23. The summed E-state index contributed by atoms with van der Waals surface area (Å²) in [5.74, 6) is 0.688. The van der Waals surface area contributed by atoms with E-state index in [0.29, 0.717) is 12.4 Å². The van der Waals surface area contributed by atoms with Crippen LogP contribution in [0.5, 0.6) is 0 Å². The molecule has 3 nitrogen and oxygen atoms in total. The Morgan fingerprint density at radius 2 is 1.67 bits per heavy atom. The van der Waals surface area contributed by atoms with Crippen LogP contribution in [0.4, 0.5) is 0 Å². The van der Waals surface area contributed by atoms with Crippen molar-refractivity contribution in [3.63, 3.8) is 0 Å². The molecule has 0 bridgehead atoms. The Labute approximate surface area is 164 Å². The van der Waals surface area contributed by atoms with Crippen molar-refractivity contribution in [1.82, 2.24) is 4.90 Å². The molecule has 0 saturated heterocycles. The number of nitrogens with zero attached hydrogens (tertiary/aromatic N) is 1. The van der Waals surface area contributed by atoms with Crippen molar-refractivity contribution in [1.29, 1.82) is 0 Å². The molecule has 0 saturated carbocycles. The lowest BCUT2D eigenvalue weighted by Crippen LogP contribution is -2.34. The number of rotatable bonds is 9. The molecule has 0 fully saturated rings. The molecule has 0 spiro atoms. The number of hydrogen-bond donors (Lipinski definition) is 0. The van der Waals surface area contributed by atoms with Crippen LogP contribution < -0.4 is 0 Å². The van der Waals surface area contributed by atoms with Crippen LogP contribution in [0.15, 0.2) is 67.1 Å². The monoisotopic (exact) mass is 367 g/mol. The smallest absolute Gasteiger partial charge is 0.182 e. The molecule has 1 atom stereocenters. The first-order valence-corrected chi connectivity index (χ1v) is 9.54. The average molecular weight is 368 g/mol. The lowest BCUT2D eigenvalue weighted by atomic mass is 10.1. The molecule has 0 aliphatic carbocycles. The van der Waals surface area contributed by atoms with E-state index in [9.17, 15) is 0 Å². The summed E-state index contributed by atoms with van der Waals surface area (Å²) >= 11 is 0. The molecular weight excluding hydrogens is 334 g/mol. The molecule has 3 heteroatoms. The highest BCUT2D eigenvalue weighted by molar-refractivity contribution is 5.22. The molecule has 0 amide bonds. The molecule has 27 heavy (non-hydrogen) atoms. The Balaban J connectivity index is 2.12. The van der Waals surface area contributed by atoms with Gasteiger partial charge in [0.25, 0.3) is 0 Å². The number of methoxy groups -OCH3 is 1. The maximum atomic E-state index is 6.06. The Morgan fingerprint density at radius 1 is 1.04 bits per heavy atom. The van der Waals surface area contributed by atoms with Crippen molar-refractivity contribution in [3.8, 4) is 0 Å². The van der Waals surface area contributed by atoms with Crippen molar-refractivity contribution in [3.05, 3.63) is 83.7 Å². The van der Waals surface area contributed by atoms with Crippen LogP contribution in [-0.2, 0) is 15.9 Å². The van der Waals surface area contributed by atoms with Crippen molar-refractivity contribution in [2.75, 3.05) is 20.2 Å². The van der Waals surface area contributed by atoms with E-state index in [1.54, 1.807) is 7.11 Å². The van der Waals surface area contributed by atoms with Crippen molar-refractivity contribution in [2.45, 2.75) is 45.8 Å². The maximum absolute atomic E-state index is 6.06. The van der Waals surface area contributed by atoms with Gasteiger partial charge in [0.05, 0.1) is 12.6 Å². The van der Waals surface area contributed by atoms with Gasteiger partial charge in [0, 0.05) is 13.7 Å². The summed E-state index contributed by atoms with van der Waals surface area (Å²) < 4.78 is 11.8. The first kappa shape index (κ1) is 21.0. The van der Waals surface area contributed by atoms with Gasteiger partial charge in [0.2, 0.25) is 0 Å². The average Bonchev–Trinajstić information content (AvgIpc) is 2.62. The highest BCUT2D eigenvalue weighted by atomic mass is 16.5. The molecule has 0 N–H and O–H groups in total. The van der Waals surface area contributed by atoms with Crippen LogP contribution in [0.3, 0.4) is 0 Å². The first-order valence-electron chi connectivity index (χ1n) is 9.54. The van der Waals surface area contributed by atoms with Crippen LogP contribution >= 0.6 is 0 Å². The van der Waals surface area contributed by atoms with E-state index in [-0.39, 0.29) is 11.7 Å². The zero-order valence-electron chi connectivity index (χ0n) is 17.4. The summed E-state index contributed by atoms with van der Waals surface area (Å²) in [5.41, 5.74) is 3.46. The van der Waals surface area contributed by atoms with E-state index in [1.165, 1.54) is 11.1 Å². The van der Waals surface area contributed by atoms with Gasteiger partial charge in [-0.15, -0.1) is 0 Å². The predicted octanol–water partition coefficient (Wildman–Crippen LogP) is 5.51. The normalized spacial score (nSPS) is 12.5. The summed E-state index contributed by atoms with van der Waals surface area (Å²) in [4.78, 5) is 2.19. The summed E-state index contributed by atoms with van der Waals surface area (Å²) in [5, 5.41) is 0. The molecule has 0 heterocycles. The molecule has 0 aliphatic heterocycles. The third-order valence-corrected chi connectivity index (χ3v) is 4.41. The van der Waals surface area contributed by atoms with Gasteiger partial charge in [-0.25, -0.2) is 0 Å². The molecule has 146 valence electrons. The van der Waals surface area contributed by atoms with Gasteiger partial charge < -0.3 is 14.4 Å². The summed E-state index contributed by atoms with van der Waals surface area (Å²) in [6.07, 6.45) is 0.891. The van der Waals surface area contributed by atoms with Gasteiger partial charge in [0.15, 0.2) is 5.88 Å². The van der Waals surface area contributed by atoms with E-state index < -0.39 is 0 Å². The third kappa shape index (κ3) is 7.10. The fourth-order valence-electron chi connectivity index (χ4n) is 2.94. The van der Waals surface area contributed by atoms with Crippen molar-refractivity contribution < 1.29 is 9.47 Å². The fourth-order valence-corrected chi connectivity index (χ4v) is 2.94. The second-order valence-corrected chi connectivity index (χ2v) is 7.92. The van der Waals surface area contributed by atoms with E-state index in [0.717, 1.165) is 18.5 Å². The zero-order valence-corrected chi connectivity index (χ0v) is 17.4. The van der Waals surface area contributed by atoms with E-state index in [4.69, 9.17) is 9.47 Å². The van der Waals surface area contributed by atoms with Crippen LogP contribution in [-0.4, -0.2) is 30.7 Å². The Bertz CT molecular complexity index is 701. The van der Waals surface area contributed by atoms with Gasteiger partial charge in [-0.1, -0.05) is 60.2 Å². The molecule has 2 rings (SSSR count). The van der Waals surface area contributed by atoms with Gasteiger partial charge >= 0.3 is 0 Å². The van der Waals surface area contributed by atoms with Crippen molar-refractivity contribution >= 4 is 0 Å². The molecule has 0 aliphatic rings. The molecule has 0 radical (unpaired) electrons. The van der Waals surface area contributed by atoms with Crippen LogP contribution in [0.25, 0.3) is 0 Å². The predicted molar refractivity (Wildman–Crippen MR) is 113 cm³/mol. The van der Waals surface area contributed by atoms with Crippen LogP contribution in [0.1, 0.15) is 43.6 Å². The van der Waals surface area contributed by atoms with E-state index in [2.05, 4.69) is 54.8 Å². The minimum atomic E-state index is -0.283. The van der Waals surface area contributed by atoms with E-state index in [1.807, 2.05) is 39.0 Å². The molecule has 2 aromatic carbocycles. The summed E-state index contributed by atoms with van der Waals surface area (Å²) in [6.45, 7) is 14.0. The quantitative estimate of drug-likeness (QED) is 0.545. The van der Waals surface area contributed by atoms with Gasteiger partial charge in [0.1, 0.15) is 5.60 Å². The molecule has 0 aromatic heterocycles. The fraction of sp³-hybridized carbons (Fsp3) is 0.417. The Hall–Kier alpha value is -2.26. The lowest BCUT2D eigenvalue weighted by Gasteiger charge is -2.34. The van der Waals surface area contributed by atoms with Crippen molar-refractivity contribution in [2.24, 2.45) is 0 Å². The maximum Gasteiger partial charge on any atom is 0.182 e. The largest absolute Gasteiger partial charge is 0.474 e.